The lowest BCUT2D eigenvalue weighted by molar-refractivity contribution is -0.126. The average Bonchev–Trinajstić information content (AvgIpc) is 3.13. The van der Waals surface area contributed by atoms with E-state index in [4.69, 9.17) is 29.6 Å². The van der Waals surface area contributed by atoms with Gasteiger partial charge in [0.15, 0.2) is 5.11 Å². The number of nitrogens with two attached hydrogens (primary N) is 1. The lowest BCUT2D eigenvalue weighted by Gasteiger charge is -2.20. The highest BCUT2D eigenvalue weighted by Gasteiger charge is 2.24. The smallest absolute Gasteiger partial charge is 0.223 e. The molecule has 0 aliphatic heterocycles. The summed E-state index contributed by atoms with van der Waals surface area (Å²) in [5.74, 6) is -0.280. The van der Waals surface area contributed by atoms with Crippen molar-refractivity contribution in [3.05, 3.63) is 64.8 Å². The van der Waals surface area contributed by atoms with E-state index in [1.807, 2.05) is 50.4 Å². The molecule has 164 valence electrons. The minimum absolute atomic E-state index is 0.280. The van der Waals surface area contributed by atoms with Gasteiger partial charge in [0, 0.05) is 39.8 Å². The van der Waals surface area contributed by atoms with Crippen LogP contribution in [0.3, 0.4) is 0 Å². The molecule has 7 heteroatoms. The Labute approximate surface area is 193 Å². The number of anilines is 1. The first kappa shape index (κ1) is 23.1. The van der Waals surface area contributed by atoms with Crippen molar-refractivity contribution in [3.8, 4) is 0 Å². The summed E-state index contributed by atoms with van der Waals surface area (Å²) < 4.78 is 0. The lowest BCUT2D eigenvalue weighted by atomic mass is 9.86. The molecule has 31 heavy (non-hydrogen) atoms. The van der Waals surface area contributed by atoms with E-state index < -0.39 is 5.41 Å². The Morgan fingerprint density at radius 1 is 1.16 bits per heavy atom. The van der Waals surface area contributed by atoms with Crippen molar-refractivity contribution in [2.24, 2.45) is 11.1 Å². The van der Waals surface area contributed by atoms with Crippen LogP contribution in [-0.2, 0) is 17.6 Å². The normalized spacial score (nSPS) is 11.5. The average molecular weight is 457 g/mol. The maximum Gasteiger partial charge on any atom is 0.223 e. The number of carbonyl (C=O) groups excluding carboxylic acids is 1. The number of hydrogen-bond donors (Lipinski definition) is 4. The van der Waals surface area contributed by atoms with Crippen LogP contribution in [0.4, 0.5) is 5.69 Å². The topological polar surface area (TPSA) is 82.9 Å². The molecule has 0 spiro atoms. The molecule has 0 bridgehead atoms. The van der Waals surface area contributed by atoms with Gasteiger partial charge in [0.2, 0.25) is 5.91 Å². The van der Waals surface area contributed by atoms with Gasteiger partial charge in [0.1, 0.15) is 0 Å². The molecule has 3 aromatic rings. The Hall–Kier alpha value is -2.57. The predicted octanol–water partition coefficient (Wildman–Crippen LogP) is 5.18. The van der Waals surface area contributed by atoms with Gasteiger partial charge in [0.25, 0.3) is 0 Å². The number of aryl methyl sites for hydroxylation is 1. The molecule has 5 N–H and O–H groups in total. The van der Waals surface area contributed by atoms with Crippen LogP contribution < -0.4 is 16.4 Å². The van der Waals surface area contributed by atoms with E-state index in [1.54, 1.807) is 0 Å². The summed E-state index contributed by atoms with van der Waals surface area (Å²) in [6.07, 6.45) is 5.22. The fraction of sp³-hybridized carbons (Fsp3) is 0.333. The maximum absolute atomic E-state index is 11.5. The van der Waals surface area contributed by atoms with Gasteiger partial charge >= 0.3 is 0 Å². The molecule has 1 heterocycles. The third kappa shape index (κ3) is 6.21. The second kappa shape index (κ2) is 10.2. The third-order valence-corrected chi connectivity index (χ3v) is 6.07. The third-order valence-electron chi connectivity index (χ3n) is 5.59. The number of para-hydroxylation sites is 1. The number of carbonyl (C=O) groups is 1. The fourth-order valence-corrected chi connectivity index (χ4v) is 3.96. The zero-order valence-corrected chi connectivity index (χ0v) is 19.5. The van der Waals surface area contributed by atoms with Gasteiger partial charge in [-0.2, -0.15) is 0 Å². The number of primary amides is 1. The van der Waals surface area contributed by atoms with Gasteiger partial charge in [-0.1, -0.05) is 43.6 Å². The molecule has 0 fully saturated rings. The van der Waals surface area contributed by atoms with E-state index in [1.165, 1.54) is 10.9 Å². The first-order valence-corrected chi connectivity index (χ1v) is 11.2. The van der Waals surface area contributed by atoms with Crippen molar-refractivity contribution in [2.45, 2.75) is 39.5 Å². The number of H-pyrrole nitrogens is 1. The fourth-order valence-electron chi connectivity index (χ4n) is 3.55. The minimum Gasteiger partial charge on any atom is -0.369 e. The SMILES string of the molecule is CC(C)(CCCc1cc(Cl)ccc1NC(=S)NCCc1c[nH]c2ccccc12)C(N)=O. The molecule has 0 unspecified atom stereocenters. The van der Waals surface area contributed by atoms with Gasteiger partial charge in [-0.05, 0) is 73.3 Å². The van der Waals surface area contributed by atoms with Crippen molar-refractivity contribution in [3.63, 3.8) is 0 Å². The van der Waals surface area contributed by atoms with Gasteiger partial charge in [-0.3, -0.25) is 4.79 Å². The van der Waals surface area contributed by atoms with E-state index in [9.17, 15) is 4.79 Å². The second-order valence-corrected chi connectivity index (χ2v) is 9.24. The van der Waals surface area contributed by atoms with E-state index in [0.29, 0.717) is 16.6 Å². The molecule has 0 aliphatic rings. The van der Waals surface area contributed by atoms with Gasteiger partial charge in [0.05, 0.1) is 0 Å². The number of nitrogens with one attached hydrogen (secondary N) is 3. The number of fused-ring (bicyclic) bond motifs is 1. The van der Waals surface area contributed by atoms with Crippen LogP contribution in [0.2, 0.25) is 5.02 Å². The van der Waals surface area contributed by atoms with Crippen molar-refractivity contribution in [1.82, 2.24) is 10.3 Å². The number of aromatic nitrogens is 1. The van der Waals surface area contributed by atoms with E-state index in [-0.39, 0.29) is 5.91 Å². The van der Waals surface area contributed by atoms with Gasteiger partial charge in [-0.15, -0.1) is 0 Å². The molecule has 3 rings (SSSR count). The number of amides is 1. The highest BCUT2D eigenvalue weighted by molar-refractivity contribution is 7.80. The van der Waals surface area contributed by atoms with E-state index >= 15 is 0 Å². The Kier molecular flexibility index (Phi) is 7.57. The van der Waals surface area contributed by atoms with Crippen LogP contribution in [-0.4, -0.2) is 22.5 Å². The Bertz CT molecular complexity index is 1080. The first-order chi connectivity index (χ1) is 14.8. The van der Waals surface area contributed by atoms with Crippen LogP contribution in [0.1, 0.15) is 37.8 Å². The number of halogens is 1. The molecule has 0 saturated carbocycles. The molecule has 0 radical (unpaired) electrons. The van der Waals surface area contributed by atoms with Crippen LogP contribution in [0.25, 0.3) is 10.9 Å². The maximum atomic E-state index is 11.5. The van der Waals surface area contributed by atoms with Crippen molar-refractivity contribution in [1.29, 1.82) is 0 Å². The summed E-state index contributed by atoms with van der Waals surface area (Å²) in [4.78, 5) is 14.8. The summed E-state index contributed by atoms with van der Waals surface area (Å²) in [6, 6.07) is 14.0. The second-order valence-electron chi connectivity index (χ2n) is 8.39. The van der Waals surface area contributed by atoms with Gasteiger partial charge in [-0.25, -0.2) is 0 Å². The molecule has 5 nitrogen and oxygen atoms in total. The molecular weight excluding hydrogens is 428 g/mol. The number of rotatable bonds is 9. The Balaban J connectivity index is 1.55. The Morgan fingerprint density at radius 2 is 1.94 bits per heavy atom. The van der Waals surface area contributed by atoms with Crippen molar-refractivity contribution < 1.29 is 4.79 Å². The van der Waals surface area contributed by atoms with Crippen LogP contribution in [0.5, 0.6) is 0 Å². The minimum atomic E-state index is -0.522. The summed E-state index contributed by atoms with van der Waals surface area (Å²) in [7, 11) is 0. The molecule has 0 aliphatic carbocycles. The lowest BCUT2D eigenvalue weighted by Crippen LogP contribution is -2.31. The quantitative estimate of drug-likeness (QED) is 0.334. The molecule has 1 amide bonds. The first-order valence-electron chi connectivity index (χ1n) is 10.4. The molecular formula is C24H29ClN4OS. The highest BCUT2D eigenvalue weighted by Crippen LogP contribution is 2.27. The van der Waals surface area contributed by atoms with Crippen molar-refractivity contribution >= 4 is 51.4 Å². The molecule has 2 aromatic carbocycles. The number of hydrogen-bond acceptors (Lipinski definition) is 2. The largest absolute Gasteiger partial charge is 0.369 e. The number of aromatic amines is 1. The van der Waals surface area contributed by atoms with Crippen LogP contribution in [0, 0.1) is 5.41 Å². The zero-order chi connectivity index (χ0) is 22.4. The molecule has 0 saturated heterocycles. The zero-order valence-electron chi connectivity index (χ0n) is 17.9. The van der Waals surface area contributed by atoms with Crippen molar-refractivity contribution in [2.75, 3.05) is 11.9 Å². The van der Waals surface area contributed by atoms with Crippen LogP contribution in [0.15, 0.2) is 48.7 Å². The Morgan fingerprint density at radius 3 is 2.71 bits per heavy atom. The summed E-state index contributed by atoms with van der Waals surface area (Å²) >= 11 is 11.7. The van der Waals surface area contributed by atoms with E-state index in [2.05, 4.69) is 27.8 Å². The van der Waals surface area contributed by atoms with Crippen LogP contribution >= 0.6 is 23.8 Å². The van der Waals surface area contributed by atoms with E-state index in [0.717, 1.165) is 42.6 Å². The highest BCUT2D eigenvalue weighted by atomic mass is 35.5. The molecule has 0 atom stereocenters. The molecule has 1 aromatic heterocycles. The summed E-state index contributed by atoms with van der Waals surface area (Å²) in [6.45, 7) is 4.47. The number of thiocarbonyl (C=S) groups is 1. The monoisotopic (exact) mass is 456 g/mol. The summed E-state index contributed by atoms with van der Waals surface area (Å²) in [5, 5.41) is 9.05. The predicted molar refractivity (Wildman–Crippen MR) is 134 cm³/mol. The number of benzene rings is 2. The standard InChI is InChI=1S/C24H29ClN4OS/c1-24(2,22(26)30)12-5-6-16-14-18(25)9-10-20(16)29-23(31)27-13-11-17-15-28-21-8-4-3-7-19(17)21/h3-4,7-10,14-15,28H,5-6,11-13H2,1-2H3,(H2,26,30)(H2,27,29,31). The van der Waals surface area contributed by atoms with Gasteiger partial charge < -0.3 is 21.4 Å². The summed E-state index contributed by atoms with van der Waals surface area (Å²) in [5.41, 5.74) is 9.35.